The molecule has 15 heavy (non-hydrogen) atoms. The Morgan fingerprint density at radius 3 is 2.47 bits per heavy atom. The lowest BCUT2D eigenvalue weighted by Gasteiger charge is -2.43. The average molecular weight is 208 g/mol. The number of nitrogens with zero attached hydrogens (tertiary/aromatic N) is 2. The van der Waals surface area contributed by atoms with Gasteiger partial charge in [0.25, 0.3) is 0 Å². The van der Waals surface area contributed by atoms with Gasteiger partial charge in [-0.2, -0.15) is 5.26 Å². The van der Waals surface area contributed by atoms with E-state index in [-0.39, 0.29) is 0 Å². The van der Waals surface area contributed by atoms with Crippen LogP contribution in [0.5, 0.6) is 0 Å². The molecule has 2 atom stereocenters. The number of rotatable bonds is 3. The summed E-state index contributed by atoms with van der Waals surface area (Å²) in [5, 5.41) is 8.75. The van der Waals surface area contributed by atoms with Gasteiger partial charge in [0, 0.05) is 18.5 Å². The molecule has 0 spiro atoms. The van der Waals surface area contributed by atoms with Gasteiger partial charge < -0.3 is 0 Å². The molecular weight excluding hydrogens is 184 g/mol. The molecule has 0 aromatic heterocycles. The van der Waals surface area contributed by atoms with Crippen LogP contribution in [0.2, 0.25) is 0 Å². The standard InChI is InChI=1S/C13H24N2/c1-10(2)13-9-12(5-7-14)6-8-15(13)11(3)4/h10-13H,5-6,8-9H2,1-4H3. The monoisotopic (exact) mass is 208 g/mol. The molecule has 1 saturated heterocycles. The van der Waals surface area contributed by atoms with Crippen LogP contribution >= 0.6 is 0 Å². The average Bonchev–Trinajstić information content (AvgIpc) is 2.17. The highest BCUT2D eigenvalue weighted by Crippen LogP contribution is 2.30. The molecular formula is C13H24N2. The predicted octanol–water partition coefficient (Wildman–Crippen LogP) is 3.05. The van der Waals surface area contributed by atoms with E-state index in [1.54, 1.807) is 0 Å². The zero-order chi connectivity index (χ0) is 11.4. The van der Waals surface area contributed by atoms with Crippen molar-refractivity contribution in [1.29, 1.82) is 5.26 Å². The van der Waals surface area contributed by atoms with E-state index in [2.05, 4.69) is 38.7 Å². The van der Waals surface area contributed by atoms with E-state index in [0.717, 1.165) is 6.42 Å². The van der Waals surface area contributed by atoms with Crippen molar-refractivity contribution in [2.75, 3.05) is 6.54 Å². The summed E-state index contributed by atoms with van der Waals surface area (Å²) >= 11 is 0. The summed E-state index contributed by atoms with van der Waals surface area (Å²) in [6.07, 6.45) is 3.16. The minimum atomic E-state index is 0.636. The summed E-state index contributed by atoms with van der Waals surface area (Å²) in [7, 11) is 0. The summed E-state index contributed by atoms with van der Waals surface area (Å²) in [5.41, 5.74) is 0. The van der Waals surface area contributed by atoms with E-state index < -0.39 is 0 Å². The molecule has 0 aromatic carbocycles. The first-order valence-electron chi connectivity index (χ1n) is 6.19. The normalized spacial score (nSPS) is 28.3. The van der Waals surface area contributed by atoms with Crippen LogP contribution in [-0.2, 0) is 0 Å². The fraction of sp³-hybridized carbons (Fsp3) is 0.923. The Hall–Kier alpha value is -0.550. The quantitative estimate of drug-likeness (QED) is 0.713. The molecule has 2 heteroatoms. The Labute approximate surface area is 94.3 Å². The third kappa shape index (κ3) is 3.21. The lowest BCUT2D eigenvalue weighted by atomic mass is 9.83. The molecule has 2 nitrogen and oxygen atoms in total. The van der Waals surface area contributed by atoms with Crippen LogP contribution < -0.4 is 0 Å². The molecule has 0 radical (unpaired) electrons. The molecule has 1 aliphatic rings. The number of likely N-dealkylation sites (tertiary alicyclic amines) is 1. The van der Waals surface area contributed by atoms with Crippen LogP contribution in [-0.4, -0.2) is 23.5 Å². The lowest BCUT2D eigenvalue weighted by molar-refractivity contribution is 0.0548. The van der Waals surface area contributed by atoms with Gasteiger partial charge in [-0.15, -0.1) is 0 Å². The summed E-state index contributed by atoms with van der Waals surface area (Å²) in [6, 6.07) is 3.64. The molecule has 1 fully saturated rings. The second-order valence-corrected chi connectivity index (χ2v) is 5.40. The maximum atomic E-state index is 8.75. The van der Waals surface area contributed by atoms with Gasteiger partial charge >= 0.3 is 0 Å². The Balaban J connectivity index is 2.62. The van der Waals surface area contributed by atoms with E-state index in [9.17, 15) is 0 Å². The van der Waals surface area contributed by atoms with E-state index in [1.807, 2.05) is 0 Å². The zero-order valence-corrected chi connectivity index (χ0v) is 10.5. The molecule has 0 aromatic rings. The molecule has 0 saturated carbocycles. The van der Waals surface area contributed by atoms with Crippen molar-refractivity contribution in [3.63, 3.8) is 0 Å². The number of nitriles is 1. The maximum absolute atomic E-state index is 8.75. The molecule has 0 amide bonds. The molecule has 0 aliphatic carbocycles. The fourth-order valence-electron chi connectivity index (χ4n) is 2.70. The van der Waals surface area contributed by atoms with Crippen molar-refractivity contribution < 1.29 is 0 Å². The first-order chi connectivity index (χ1) is 7.06. The minimum Gasteiger partial charge on any atom is -0.298 e. The number of hydrogen-bond donors (Lipinski definition) is 0. The van der Waals surface area contributed by atoms with E-state index >= 15 is 0 Å². The smallest absolute Gasteiger partial charge is 0.0624 e. The van der Waals surface area contributed by atoms with Gasteiger partial charge in [-0.05, 0) is 45.1 Å². The Morgan fingerprint density at radius 2 is 2.00 bits per heavy atom. The van der Waals surface area contributed by atoms with E-state index in [1.165, 1.54) is 19.4 Å². The van der Waals surface area contributed by atoms with Gasteiger partial charge in [0.05, 0.1) is 6.07 Å². The lowest BCUT2D eigenvalue weighted by Crippen LogP contribution is -2.48. The van der Waals surface area contributed by atoms with Crippen LogP contribution in [0.25, 0.3) is 0 Å². The van der Waals surface area contributed by atoms with Gasteiger partial charge in [-0.3, -0.25) is 4.90 Å². The van der Waals surface area contributed by atoms with Gasteiger partial charge in [-0.25, -0.2) is 0 Å². The van der Waals surface area contributed by atoms with Crippen LogP contribution in [0.1, 0.15) is 47.0 Å². The Bertz CT molecular complexity index is 227. The molecule has 2 unspecified atom stereocenters. The van der Waals surface area contributed by atoms with Crippen LogP contribution in [0.4, 0.5) is 0 Å². The second-order valence-electron chi connectivity index (χ2n) is 5.40. The van der Waals surface area contributed by atoms with E-state index in [4.69, 9.17) is 5.26 Å². The van der Waals surface area contributed by atoms with Crippen LogP contribution in [0, 0.1) is 23.2 Å². The highest BCUT2D eigenvalue weighted by Gasteiger charge is 2.31. The number of piperidine rings is 1. The summed E-state index contributed by atoms with van der Waals surface area (Å²) < 4.78 is 0. The van der Waals surface area contributed by atoms with Gasteiger partial charge in [0.1, 0.15) is 0 Å². The summed E-state index contributed by atoms with van der Waals surface area (Å²) in [5.74, 6) is 1.34. The first-order valence-corrected chi connectivity index (χ1v) is 6.19. The van der Waals surface area contributed by atoms with E-state index in [0.29, 0.717) is 23.9 Å². The maximum Gasteiger partial charge on any atom is 0.0624 e. The Kier molecular flexibility index (Phi) is 4.60. The molecule has 0 N–H and O–H groups in total. The highest BCUT2D eigenvalue weighted by molar-refractivity contribution is 4.88. The number of hydrogen-bond acceptors (Lipinski definition) is 2. The highest BCUT2D eigenvalue weighted by atomic mass is 15.2. The van der Waals surface area contributed by atoms with Crippen molar-refractivity contribution in [3.05, 3.63) is 0 Å². The fourth-order valence-corrected chi connectivity index (χ4v) is 2.70. The molecule has 1 rings (SSSR count). The van der Waals surface area contributed by atoms with Crippen LogP contribution in [0.3, 0.4) is 0 Å². The second kappa shape index (κ2) is 5.51. The molecule has 1 heterocycles. The van der Waals surface area contributed by atoms with Gasteiger partial charge in [0.15, 0.2) is 0 Å². The van der Waals surface area contributed by atoms with Crippen molar-refractivity contribution in [2.24, 2.45) is 11.8 Å². The SMILES string of the molecule is CC(C)C1CC(CC#N)CCN1C(C)C. The summed E-state index contributed by atoms with van der Waals surface area (Å²) in [4.78, 5) is 2.61. The molecule has 86 valence electrons. The predicted molar refractivity (Wildman–Crippen MR) is 63.4 cm³/mol. The van der Waals surface area contributed by atoms with Gasteiger partial charge in [0.2, 0.25) is 0 Å². The van der Waals surface area contributed by atoms with Crippen LogP contribution in [0.15, 0.2) is 0 Å². The largest absolute Gasteiger partial charge is 0.298 e. The zero-order valence-electron chi connectivity index (χ0n) is 10.5. The van der Waals surface area contributed by atoms with Crippen molar-refractivity contribution >= 4 is 0 Å². The first kappa shape index (κ1) is 12.5. The third-order valence-electron chi connectivity index (χ3n) is 3.61. The van der Waals surface area contributed by atoms with Gasteiger partial charge in [-0.1, -0.05) is 13.8 Å². The van der Waals surface area contributed by atoms with Crippen molar-refractivity contribution in [1.82, 2.24) is 4.90 Å². The van der Waals surface area contributed by atoms with Crippen molar-refractivity contribution in [2.45, 2.75) is 59.0 Å². The van der Waals surface area contributed by atoms with Crippen molar-refractivity contribution in [3.8, 4) is 6.07 Å². The Morgan fingerprint density at radius 1 is 1.33 bits per heavy atom. The topological polar surface area (TPSA) is 27.0 Å². The molecule has 1 aliphatic heterocycles. The molecule has 0 bridgehead atoms. The summed E-state index contributed by atoms with van der Waals surface area (Å²) in [6.45, 7) is 10.3. The third-order valence-corrected chi connectivity index (χ3v) is 3.61. The minimum absolute atomic E-state index is 0.636.